The highest BCUT2D eigenvalue weighted by atomic mass is 16.5. The van der Waals surface area contributed by atoms with Gasteiger partial charge in [-0.25, -0.2) is 0 Å². The summed E-state index contributed by atoms with van der Waals surface area (Å²) in [5.74, 6) is 0.911. The summed E-state index contributed by atoms with van der Waals surface area (Å²) in [6, 6.07) is 12.6. The number of benzene rings is 2. The molecular formula is C27H39N3O2. The van der Waals surface area contributed by atoms with Crippen molar-refractivity contribution in [3.63, 3.8) is 0 Å². The van der Waals surface area contributed by atoms with Gasteiger partial charge in [-0.1, -0.05) is 37.3 Å². The summed E-state index contributed by atoms with van der Waals surface area (Å²) in [7, 11) is 0. The SMILES string of the molecule is CCC1(Oc2cc(C)c(N)c(C)c2C)CCCCN1CC(O)NC1(c2ccccc2)CC1. The lowest BCUT2D eigenvalue weighted by molar-refractivity contribution is -0.129. The Kier molecular flexibility index (Phi) is 6.53. The van der Waals surface area contributed by atoms with E-state index in [1.54, 1.807) is 0 Å². The van der Waals surface area contributed by atoms with Crippen LogP contribution in [0.1, 0.15) is 67.7 Å². The summed E-state index contributed by atoms with van der Waals surface area (Å²) < 4.78 is 6.81. The van der Waals surface area contributed by atoms with Crippen molar-refractivity contribution < 1.29 is 9.84 Å². The zero-order valence-corrected chi connectivity index (χ0v) is 20.1. The molecule has 2 aromatic rings. The molecule has 5 nitrogen and oxygen atoms in total. The number of aliphatic hydroxyl groups is 1. The third-order valence-electron chi connectivity index (χ3n) is 7.70. The van der Waals surface area contributed by atoms with Crippen LogP contribution in [0.5, 0.6) is 5.75 Å². The number of β-amino-alcohol motifs (C(OH)–C–C–N with tert-alkyl or cyclic N) is 1. The average molecular weight is 438 g/mol. The van der Waals surface area contributed by atoms with Gasteiger partial charge < -0.3 is 15.6 Å². The number of rotatable bonds is 8. The molecular weight excluding hydrogens is 398 g/mol. The minimum atomic E-state index is -0.610. The number of hydrogen-bond donors (Lipinski definition) is 3. The van der Waals surface area contributed by atoms with Gasteiger partial charge in [0.15, 0.2) is 5.72 Å². The minimum Gasteiger partial charge on any atom is -0.472 e. The molecule has 5 heteroatoms. The molecule has 1 saturated heterocycles. The van der Waals surface area contributed by atoms with E-state index in [0.29, 0.717) is 6.54 Å². The standard InChI is InChI=1S/C27H39N3O2/c1-5-27(32-23-17-19(2)25(28)21(4)20(23)3)13-9-10-16-30(27)18-24(31)29-26(14-15-26)22-11-7-6-8-12-22/h6-8,11-12,17,24,29,31H,5,9-10,13-16,18,28H2,1-4H3. The number of aryl methyl sites for hydroxylation is 1. The lowest BCUT2D eigenvalue weighted by Gasteiger charge is -2.47. The van der Waals surface area contributed by atoms with Crippen LogP contribution in [-0.2, 0) is 5.54 Å². The van der Waals surface area contributed by atoms with Crippen LogP contribution in [0.3, 0.4) is 0 Å². The molecule has 32 heavy (non-hydrogen) atoms. The molecule has 1 aliphatic carbocycles. The number of hydrogen-bond acceptors (Lipinski definition) is 5. The largest absolute Gasteiger partial charge is 0.472 e. The van der Waals surface area contributed by atoms with Crippen LogP contribution in [0, 0.1) is 20.8 Å². The number of nitrogens with two attached hydrogens (primary N) is 1. The van der Waals surface area contributed by atoms with Crippen molar-refractivity contribution in [2.75, 3.05) is 18.8 Å². The number of nitrogens with one attached hydrogen (secondary N) is 1. The Morgan fingerprint density at radius 2 is 1.81 bits per heavy atom. The zero-order valence-electron chi connectivity index (χ0n) is 20.1. The van der Waals surface area contributed by atoms with E-state index in [1.807, 2.05) is 13.0 Å². The molecule has 4 rings (SSSR count). The second kappa shape index (κ2) is 9.05. The van der Waals surface area contributed by atoms with E-state index in [1.165, 1.54) is 5.56 Å². The topological polar surface area (TPSA) is 70.8 Å². The van der Waals surface area contributed by atoms with Gasteiger partial charge in [-0.15, -0.1) is 0 Å². The van der Waals surface area contributed by atoms with E-state index in [0.717, 1.165) is 73.2 Å². The van der Waals surface area contributed by atoms with Crippen molar-refractivity contribution in [1.82, 2.24) is 10.2 Å². The lowest BCUT2D eigenvalue weighted by Crippen LogP contribution is -2.59. The summed E-state index contributed by atoms with van der Waals surface area (Å²) in [6.45, 7) is 9.86. The highest BCUT2D eigenvalue weighted by Crippen LogP contribution is 2.46. The Hall–Kier alpha value is -2.08. The van der Waals surface area contributed by atoms with Crippen LogP contribution in [-0.4, -0.2) is 35.0 Å². The van der Waals surface area contributed by atoms with Crippen LogP contribution in [0.2, 0.25) is 0 Å². The monoisotopic (exact) mass is 437 g/mol. The summed E-state index contributed by atoms with van der Waals surface area (Å²) in [5, 5.41) is 14.6. The van der Waals surface area contributed by atoms with E-state index in [9.17, 15) is 5.11 Å². The van der Waals surface area contributed by atoms with Crippen LogP contribution >= 0.6 is 0 Å². The Morgan fingerprint density at radius 1 is 1.09 bits per heavy atom. The number of piperidine rings is 1. The number of aliphatic hydroxyl groups excluding tert-OH is 1. The Bertz CT molecular complexity index is 942. The number of nitrogens with zero attached hydrogens (tertiary/aromatic N) is 1. The molecule has 0 spiro atoms. The van der Waals surface area contributed by atoms with Crippen LogP contribution < -0.4 is 15.8 Å². The van der Waals surface area contributed by atoms with Crippen molar-refractivity contribution in [2.45, 2.75) is 83.7 Å². The highest BCUT2D eigenvalue weighted by Gasteiger charge is 2.47. The predicted molar refractivity (Wildman–Crippen MR) is 131 cm³/mol. The second-order valence-corrected chi connectivity index (χ2v) is 9.77. The molecule has 174 valence electrons. The van der Waals surface area contributed by atoms with Gasteiger partial charge in [0.25, 0.3) is 0 Å². The first-order valence-electron chi connectivity index (χ1n) is 12.1. The molecule has 2 aromatic carbocycles. The number of ether oxygens (including phenoxy) is 1. The molecule has 2 fully saturated rings. The molecule has 0 radical (unpaired) electrons. The zero-order chi connectivity index (χ0) is 22.9. The quantitative estimate of drug-likeness (QED) is 0.410. The van der Waals surface area contributed by atoms with Gasteiger partial charge in [0.05, 0.1) is 0 Å². The maximum absolute atomic E-state index is 11.1. The smallest absolute Gasteiger partial charge is 0.163 e. The van der Waals surface area contributed by atoms with Crippen molar-refractivity contribution in [3.05, 3.63) is 58.7 Å². The van der Waals surface area contributed by atoms with E-state index < -0.39 is 12.0 Å². The lowest BCUT2D eigenvalue weighted by atomic mass is 9.94. The molecule has 0 bridgehead atoms. The van der Waals surface area contributed by atoms with E-state index in [2.05, 4.69) is 61.3 Å². The summed E-state index contributed by atoms with van der Waals surface area (Å²) in [5.41, 5.74) is 11.1. The predicted octanol–water partition coefficient (Wildman–Crippen LogP) is 4.76. The fourth-order valence-corrected chi connectivity index (χ4v) is 5.26. The van der Waals surface area contributed by atoms with E-state index in [4.69, 9.17) is 10.5 Å². The maximum atomic E-state index is 11.1. The van der Waals surface area contributed by atoms with Gasteiger partial charge in [-0.2, -0.15) is 0 Å². The van der Waals surface area contributed by atoms with Gasteiger partial charge in [0.2, 0.25) is 0 Å². The normalized spacial score (nSPS) is 23.7. The van der Waals surface area contributed by atoms with Gasteiger partial charge in [-0.3, -0.25) is 10.2 Å². The third-order valence-corrected chi connectivity index (χ3v) is 7.70. The Labute approximate surface area is 193 Å². The number of anilines is 1. The number of nitrogen functional groups attached to an aromatic ring is 1. The van der Waals surface area contributed by atoms with E-state index in [-0.39, 0.29) is 5.54 Å². The average Bonchev–Trinajstić information content (AvgIpc) is 3.58. The molecule has 2 atom stereocenters. The molecule has 1 aliphatic heterocycles. The molecule has 1 heterocycles. The first-order valence-corrected chi connectivity index (χ1v) is 12.1. The second-order valence-electron chi connectivity index (χ2n) is 9.77. The first kappa shape index (κ1) is 23.1. The molecule has 0 amide bonds. The fraction of sp³-hybridized carbons (Fsp3) is 0.556. The highest BCUT2D eigenvalue weighted by molar-refractivity contribution is 5.60. The Balaban J connectivity index is 1.52. The molecule has 2 unspecified atom stereocenters. The fourth-order valence-electron chi connectivity index (χ4n) is 5.26. The minimum absolute atomic E-state index is 0.0893. The summed E-state index contributed by atoms with van der Waals surface area (Å²) in [4.78, 5) is 2.36. The van der Waals surface area contributed by atoms with Gasteiger partial charge >= 0.3 is 0 Å². The van der Waals surface area contributed by atoms with Gasteiger partial charge in [0.1, 0.15) is 12.0 Å². The maximum Gasteiger partial charge on any atom is 0.163 e. The molecule has 0 aromatic heterocycles. The van der Waals surface area contributed by atoms with Crippen molar-refractivity contribution in [2.24, 2.45) is 0 Å². The molecule has 4 N–H and O–H groups in total. The van der Waals surface area contributed by atoms with Crippen molar-refractivity contribution in [3.8, 4) is 5.75 Å². The molecule has 2 aliphatic rings. The Morgan fingerprint density at radius 3 is 2.47 bits per heavy atom. The van der Waals surface area contributed by atoms with Crippen LogP contribution in [0.15, 0.2) is 36.4 Å². The van der Waals surface area contributed by atoms with Crippen molar-refractivity contribution >= 4 is 5.69 Å². The van der Waals surface area contributed by atoms with Gasteiger partial charge in [-0.05, 0) is 81.2 Å². The van der Waals surface area contributed by atoms with Crippen molar-refractivity contribution in [1.29, 1.82) is 0 Å². The third kappa shape index (κ3) is 4.39. The first-order chi connectivity index (χ1) is 15.3. The van der Waals surface area contributed by atoms with Crippen LogP contribution in [0.4, 0.5) is 5.69 Å². The number of likely N-dealkylation sites (tertiary alicyclic amines) is 1. The molecule has 1 saturated carbocycles. The summed E-state index contributed by atoms with van der Waals surface area (Å²) in [6.07, 6.45) is 5.60. The van der Waals surface area contributed by atoms with E-state index >= 15 is 0 Å². The van der Waals surface area contributed by atoms with Crippen LogP contribution in [0.25, 0.3) is 0 Å². The summed E-state index contributed by atoms with van der Waals surface area (Å²) >= 11 is 0. The van der Waals surface area contributed by atoms with Gasteiger partial charge in [0, 0.05) is 30.7 Å².